The van der Waals surface area contributed by atoms with Crippen molar-refractivity contribution in [2.24, 2.45) is 0 Å². The lowest BCUT2D eigenvalue weighted by atomic mass is 10.1. The van der Waals surface area contributed by atoms with Crippen molar-refractivity contribution in [1.82, 2.24) is 25.2 Å². The third-order valence-corrected chi connectivity index (χ3v) is 6.11. The molecule has 0 bridgehead atoms. The van der Waals surface area contributed by atoms with E-state index in [1.54, 1.807) is 0 Å². The fourth-order valence-electron chi connectivity index (χ4n) is 4.59. The molecule has 1 unspecified atom stereocenters. The van der Waals surface area contributed by atoms with Gasteiger partial charge in [0.25, 0.3) is 5.56 Å². The van der Waals surface area contributed by atoms with Crippen molar-refractivity contribution in [2.75, 3.05) is 6.61 Å². The second kappa shape index (κ2) is 8.78. The van der Waals surface area contributed by atoms with Crippen LogP contribution in [0.2, 0.25) is 0 Å². The standard InChI is InChI=1S/C23H32N6O2/c1-5-31-19-10-11-20-16(13-19)12-17(22(30)24-20)14-28(18-8-6-7-9-18)15-21-25-26-27-29(21)23(2,3)4/h10-13,18H,5-9,14-15H2,1-4H3,(H,24,30)/p+1. The Balaban J connectivity index is 1.65. The van der Waals surface area contributed by atoms with Crippen LogP contribution in [0.15, 0.2) is 29.1 Å². The van der Waals surface area contributed by atoms with Crippen LogP contribution in [-0.2, 0) is 18.6 Å². The molecule has 1 aliphatic carbocycles. The van der Waals surface area contributed by atoms with Crippen LogP contribution in [0, 0.1) is 0 Å². The molecule has 1 aliphatic rings. The smallest absolute Gasteiger partial charge is 0.257 e. The summed E-state index contributed by atoms with van der Waals surface area (Å²) in [5.74, 6) is 1.68. The van der Waals surface area contributed by atoms with Gasteiger partial charge in [-0.05, 0) is 88.1 Å². The molecule has 0 aliphatic heterocycles. The molecule has 166 valence electrons. The molecule has 2 aromatic heterocycles. The van der Waals surface area contributed by atoms with E-state index in [9.17, 15) is 4.79 Å². The summed E-state index contributed by atoms with van der Waals surface area (Å²) in [5, 5.41) is 13.5. The first-order valence-corrected chi connectivity index (χ1v) is 11.3. The van der Waals surface area contributed by atoms with Crippen LogP contribution < -0.4 is 15.2 Å². The minimum atomic E-state index is -0.185. The Labute approximate surface area is 182 Å². The number of H-pyrrole nitrogens is 1. The molecule has 1 atom stereocenters. The lowest BCUT2D eigenvalue weighted by Crippen LogP contribution is -3.13. The van der Waals surface area contributed by atoms with Crippen LogP contribution in [0.3, 0.4) is 0 Å². The number of aromatic nitrogens is 5. The normalized spacial score (nSPS) is 16.1. The molecule has 0 saturated heterocycles. The molecule has 31 heavy (non-hydrogen) atoms. The number of aromatic amines is 1. The Bertz CT molecular complexity index is 1090. The molecule has 1 fully saturated rings. The summed E-state index contributed by atoms with van der Waals surface area (Å²) in [6.07, 6.45) is 4.83. The van der Waals surface area contributed by atoms with Crippen molar-refractivity contribution in [3.63, 3.8) is 0 Å². The van der Waals surface area contributed by atoms with Gasteiger partial charge in [-0.15, -0.1) is 5.10 Å². The lowest BCUT2D eigenvalue weighted by molar-refractivity contribution is -0.952. The third-order valence-electron chi connectivity index (χ3n) is 6.11. The molecule has 0 radical (unpaired) electrons. The van der Waals surface area contributed by atoms with Gasteiger partial charge in [0.2, 0.25) is 5.82 Å². The number of fused-ring (bicyclic) bond motifs is 1. The number of quaternary nitrogens is 1. The van der Waals surface area contributed by atoms with Gasteiger partial charge in [-0.25, -0.2) is 4.68 Å². The molecule has 2 N–H and O–H groups in total. The van der Waals surface area contributed by atoms with E-state index in [1.165, 1.54) is 30.6 Å². The molecule has 8 heteroatoms. The maximum atomic E-state index is 12.9. The largest absolute Gasteiger partial charge is 0.494 e. The van der Waals surface area contributed by atoms with Crippen molar-refractivity contribution in [1.29, 1.82) is 0 Å². The van der Waals surface area contributed by atoms with Crippen molar-refractivity contribution in [3.05, 3.63) is 46.0 Å². The second-order valence-electron chi connectivity index (χ2n) is 9.48. The number of hydrogen-bond acceptors (Lipinski definition) is 5. The van der Waals surface area contributed by atoms with Crippen LogP contribution in [-0.4, -0.2) is 37.8 Å². The third kappa shape index (κ3) is 4.79. The maximum Gasteiger partial charge on any atom is 0.257 e. The highest BCUT2D eigenvalue weighted by molar-refractivity contribution is 5.80. The van der Waals surface area contributed by atoms with E-state index in [4.69, 9.17) is 4.74 Å². The lowest BCUT2D eigenvalue weighted by Gasteiger charge is -2.27. The molecule has 4 rings (SSSR count). The Morgan fingerprint density at radius 3 is 2.68 bits per heavy atom. The Morgan fingerprint density at radius 1 is 1.19 bits per heavy atom. The quantitative estimate of drug-likeness (QED) is 0.606. The average molecular weight is 426 g/mol. The number of ether oxygens (including phenoxy) is 1. The number of tetrazole rings is 1. The van der Waals surface area contributed by atoms with Gasteiger partial charge in [-0.1, -0.05) is 0 Å². The summed E-state index contributed by atoms with van der Waals surface area (Å²) < 4.78 is 7.54. The summed E-state index contributed by atoms with van der Waals surface area (Å²) in [6.45, 7) is 10.2. The van der Waals surface area contributed by atoms with E-state index < -0.39 is 0 Å². The van der Waals surface area contributed by atoms with E-state index in [2.05, 4.69) is 41.3 Å². The number of benzene rings is 1. The summed E-state index contributed by atoms with van der Waals surface area (Å²) in [4.78, 5) is 17.3. The van der Waals surface area contributed by atoms with Gasteiger partial charge in [0, 0.05) is 10.9 Å². The van der Waals surface area contributed by atoms with E-state index in [-0.39, 0.29) is 11.1 Å². The maximum absolute atomic E-state index is 12.9. The molecule has 3 aromatic rings. The average Bonchev–Trinajstić information content (AvgIpc) is 3.40. The molecule has 0 amide bonds. The summed E-state index contributed by atoms with van der Waals surface area (Å²) >= 11 is 0. The monoisotopic (exact) mass is 425 g/mol. The summed E-state index contributed by atoms with van der Waals surface area (Å²) in [7, 11) is 0. The fraction of sp³-hybridized carbons (Fsp3) is 0.565. The van der Waals surface area contributed by atoms with Gasteiger partial charge in [0.1, 0.15) is 18.8 Å². The first-order valence-electron chi connectivity index (χ1n) is 11.3. The van der Waals surface area contributed by atoms with E-state index in [0.29, 0.717) is 25.7 Å². The van der Waals surface area contributed by atoms with Crippen LogP contribution in [0.5, 0.6) is 5.75 Å². The van der Waals surface area contributed by atoms with Crippen molar-refractivity contribution >= 4 is 10.9 Å². The van der Waals surface area contributed by atoms with Gasteiger partial charge < -0.3 is 14.6 Å². The van der Waals surface area contributed by atoms with Gasteiger partial charge in [-0.2, -0.15) is 0 Å². The number of hydrogen-bond donors (Lipinski definition) is 2. The predicted molar refractivity (Wildman–Crippen MR) is 119 cm³/mol. The molecule has 2 heterocycles. The zero-order valence-corrected chi connectivity index (χ0v) is 18.9. The topological polar surface area (TPSA) is 90.1 Å². The SMILES string of the molecule is CCOc1ccc2[nH]c(=O)c(C[NH+](Cc3nnnn3C(C)(C)C)C3CCCC3)cc2c1. The van der Waals surface area contributed by atoms with E-state index in [0.717, 1.165) is 28.0 Å². The Hall–Kier alpha value is -2.74. The number of nitrogens with one attached hydrogen (secondary N) is 2. The van der Waals surface area contributed by atoms with E-state index in [1.807, 2.05) is 35.9 Å². The molecular weight excluding hydrogens is 392 g/mol. The molecule has 8 nitrogen and oxygen atoms in total. The first-order chi connectivity index (χ1) is 14.8. The predicted octanol–water partition coefficient (Wildman–Crippen LogP) is 2.20. The highest BCUT2D eigenvalue weighted by Crippen LogP contribution is 2.20. The molecule has 0 spiro atoms. The fourth-order valence-corrected chi connectivity index (χ4v) is 4.59. The van der Waals surface area contributed by atoms with Gasteiger partial charge in [0.15, 0.2) is 0 Å². The molecule has 1 aromatic carbocycles. The van der Waals surface area contributed by atoms with Crippen LogP contribution >= 0.6 is 0 Å². The second-order valence-corrected chi connectivity index (χ2v) is 9.48. The zero-order chi connectivity index (χ0) is 22.0. The van der Waals surface area contributed by atoms with Gasteiger partial charge in [-0.3, -0.25) is 4.79 Å². The highest BCUT2D eigenvalue weighted by atomic mass is 16.5. The van der Waals surface area contributed by atoms with Crippen LogP contribution in [0.4, 0.5) is 0 Å². The molecule has 1 saturated carbocycles. The highest BCUT2D eigenvalue weighted by Gasteiger charge is 2.30. The van der Waals surface area contributed by atoms with Crippen molar-refractivity contribution in [3.8, 4) is 5.75 Å². The van der Waals surface area contributed by atoms with Gasteiger partial charge >= 0.3 is 0 Å². The van der Waals surface area contributed by atoms with Crippen molar-refractivity contribution in [2.45, 2.75) is 78.0 Å². The van der Waals surface area contributed by atoms with Crippen molar-refractivity contribution < 1.29 is 9.64 Å². The minimum absolute atomic E-state index is 0.0254. The number of rotatable bonds is 7. The minimum Gasteiger partial charge on any atom is -0.494 e. The zero-order valence-electron chi connectivity index (χ0n) is 18.9. The van der Waals surface area contributed by atoms with Gasteiger partial charge in [0.05, 0.1) is 23.8 Å². The summed E-state index contributed by atoms with van der Waals surface area (Å²) in [6, 6.07) is 8.32. The van der Waals surface area contributed by atoms with Crippen LogP contribution in [0.1, 0.15) is 64.8 Å². The first kappa shape index (κ1) is 21.5. The number of nitrogens with zero attached hydrogens (tertiary/aromatic N) is 4. The van der Waals surface area contributed by atoms with E-state index >= 15 is 0 Å². The Morgan fingerprint density at radius 2 is 1.97 bits per heavy atom. The molecular formula is C23H33N6O2+. The number of pyridine rings is 1. The van der Waals surface area contributed by atoms with Crippen LogP contribution in [0.25, 0.3) is 10.9 Å². The summed E-state index contributed by atoms with van der Waals surface area (Å²) in [5.41, 5.74) is 1.41. The Kier molecular flexibility index (Phi) is 6.09.